The Labute approximate surface area is 416 Å². The minimum atomic E-state index is -4.40. The van der Waals surface area contributed by atoms with Crippen LogP contribution < -0.4 is 0 Å². The van der Waals surface area contributed by atoms with Crippen LogP contribution in [0.3, 0.4) is 0 Å². The number of esters is 2. The van der Waals surface area contributed by atoms with E-state index in [0.717, 1.165) is 141 Å². The van der Waals surface area contributed by atoms with Crippen molar-refractivity contribution in [3.05, 3.63) is 122 Å². The van der Waals surface area contributed by atoms with E-state index in [0.29, 0.717) is 23.9 Å². The molecule has 0 saturated carbocycles. The highest BCUT2D eigenvalue weighted by atomic mass is 31.2. The second-order valence-electron chi connectivity index (χ2n) is 18.1. The Bertz CT molecular complexity index is 1560. The van der Waals surface area contributed by atoms with E-state index in [2.05, 4.69) is 135 Å². The minimum absolute atomic E-state index is 0.0184. The number of allylic oxidation sites excluding steroid dienone is 20. The van der Waals surface area contributed by atoms with Crippen molar-refractivity contribution in [1.29, 1.82) is 0 Å². The van der Waals surface area contributed by atoms with E-state index in [1.807, 2.05) is 21.1 Å². The van der Waals surface area contributed by atoms with Gasteiger partial charge in [-0.25, -0.2) is 4.57 Å². The van der Waals surface area contributed by atoms with Crippen LogP contribution in [0.5, 0.6) is 0 Å². The number of ether oxygens (including phenoxy) is 2. The average Bonchev–Trinajstić information content (AvgIpc) is 3.30. The van der Waals surface area contributed by atoms with Crippen LogP contribution >= 0.6 is 7.82 Å². The second kappa shape index (κ2) is 48.4. The predicted octanol–water partition coefficient (Wildman–Crippen LogP) is 16.0. The number of carbonyl (C=O) groups is 2. The highest BCUT2D eigenvalue weighted by molar-refractivity contribution is 7.47. The third-order valence-corrected chi connectivity index (χ3v) is 11.5. The van der Waals surface area contributed by atoms with Gasteiger partial charge in [0.15, 0.2) is 6.10 Å². The molecule has 0 amide bonds. The summed E-state index contributed by atoms with van der Waals surface area (Å²) in [6.45, 7) is 4.14. The van der Waals surface area contributed by atoms with Crippen molar-refractivity contribution in [3.63, 3.8) is 0 Å². The first-order valence-corrected chi connectivity index (χ1v) is 27.8. The van der Waals surface area contributed by atoms with Crippen molar-refractivity contribution in [1.82, 2.24) is 0 Å². The van der Waals surface area contributed by atoms with Gasteiger partial charge in [0.1, 0.15) is 19.8 Å². The van der Waals surface area contributed by atoms with E-state index in [1.165, 1.54) is 0 Å². The molecule has 0 spiro atoms. The van der Waals surface area contributed by atoms with Gasteiger partial charge in [-0.3, -0.25) is 18.6 Å². The van der Waals surface area contributed by atoms with Crippen molar-refractivity contribution in [3.8, 4) is 0 Å². The largest absolute Gasteiger partial charge is 0.472 e. The van der Waals surface area contributed by atoms with Gasteiger partial charge < -0.3 is 18.9 Å². The Morgan fingerprint density at radius 2 is 0.794 bits per heavy atom. The zero-order valence-electron chi connectivity index (χ0n) is 43.5. The summed E-state index contributed by atoms with van der Waals surface area (Å²) in [4.78, 5) is 35.6. The third-order valence-electron chi connectivity index (χ3n) is 10.5. The summed E-state index contributed by atoms with van der Waals surface area (Å²) in [5, 5.41) is 0. The lowest BCUT2D eigenvalue weighted by Gasteiger charge is -2.24. The quantitative estimate of drug-likeness (QED) is 0.0211. The number of carbonyl (C=O) groups excluding carboxylic acids is 2. The Morgan fingerprint density at radius 1 is 0.456 bits per heavy atom. The molecule has 10 heteroatoms. The number of nitrogens with zero attached hydrogens (tertiary/aromatic N) is 1. The van der Waals surface area contributed by atoms with Crippen molar-refractivity contribution in [2.45, 2.75) is 187 Å². The van der Waals surface area contributed by atoms with E-state index in [4.69, 9.17) is 18.5 Å². The molecule has 68 heavy (non-hydrogen) atoms. The van der Waals surface area contributed by atoms with Gasteiger partial charge in [0.05, 0.1) is 27.7 Å². The van der Waals surface area contributed by atoms with E-state index < -0.39 is 32.5 Å². The van der Waals surface area contributed by atoms with Gasteiger partial charge >= 0.3 is 19.8 Å². The van der Waals surface area contributed by atoms with Crippen molar-refractivity contribution < 1.29 is 42.1 Å². The third kappa shape index (κ3) is 51.8. The SMILES string of the molecule is CC/C=C\C/C=C\C/C=C\C/C=C\C/C=C\C/C=C\CCCCCCCCC(=O)OC(COC(=O)CCCCCCCC/C=C\C/C=C\C/C=C\C/C=C\CC)COP(=O)(O)OCC[N+](C)(C)C. The summed E-state index contributed by atoms with van der Waals surface area (Å²) < 4.78 is 34.5. The Morgan fingerprint density at radius 3 is 1.18 bits per heavy atom. The van der Waals surface area contributed by atoms with Crippen LogP contribution in [0.2, 0.25) is 0 Å². The van der Waals surface area contributed by atoms with Gasteiger partial charge in [-0.2, -0.15) is 0 Å². The van der Waals surface area contributed by atoms with Crippen LogP contribution in [-0.2, 0) is 32.7 Å². The first-order valence-electron chi connectivity index (χ1n) is 26.3. The molecule has 1 N–H and O–H groups in total. The fourth-order valence-corrected chi connectivity index (χ4v) is 7.22. The number of quaternary nitrogens is 1. The van der Waals surface area contributed by atoms with Crippen LogP contribution in [0.4, 0.5) is 0 Å². The fraction of sp³-hybridized carbons (Fsp3) is 0.621. The molecule has 0 radical (unpaired) electrons. The molecule has 0 aromatic heterocycles. The smallest absolute Gasteiger partial charge is 0.462 e. The molecule has 2 unspecified atom stereocenters. The zero-order valence-corrected chi connectivity index (χ0v) is 44.4. The molecule has 0 aliphatic carbocycles. The fourth-order valence-electron chi connectivity index (χ4n) is 6.48. The number of phosphoric acid groups is 1. The molecule has 2 atom stereocenters. The number of rotatable bonds is 46. The van der Waals surface area contributed by atoms with Crippen LogP contribution in [0.25, 0.3) is 0 Å². The summed E-state index contributed by atoms with van der Waals surface area (Å²) in [6, 6.07) is 0. The van der Waals surface area contributed by atoms with Gasteiger partial charge in [0.2, 0.25) is 0 Å². The molecule has 0 aliphatic heterocycles. The molecule has 0 heterocycles. The lowest BCUT2D eigenvalue weighted by atomic mass is 10.1. The molecule has 0 aromatic carbocycles. The summed E-state index contributed by atoms with van der Waals surface area (Å²) in [7, 11) is 1.43. The average molecular weight is 967 g/mol. The molecular weight excluding hydrogens is 870 g/mol. The molecule has 0 aromatic rings. The molecule has 386 valence electrons. The van der Waals surface area contributed by atoms with E-state index in [9.17, 15) is 19.0 Å². The maximum absolute atomic E-state index is 12.8. The number of likely N-dealkylation sites (N-methyl/N-ethyl adjacent to an activating group) is 1. The molecule has 0 fully saturated rings. The van der Waals surface area contributed by atoms with Gasteiger partial charge in [0.25, 0.3) is 0 Å². The highest BCUT2D eigenvalue weighted by Gasteiger charge is 2.27. The minimum Gasteiger partial charge on any atom is -0.462 e. The number of phosphoric ester groups is 1. The topological polar surface area (TPSA) is 108 Å². The molecule has 0 rings (SSSR count). The lowest BCUT2D eigenvalue weighted by molar-refractivity contribution is -0.870. The van der Waals surface area contributed by atoms with Gasteiger partial charge in [-0.15, -0.1) is 0 Å². The monoisotopic (exact) mass is 967 g/mol. The summed E-state index contributed by atoms with van der Waals surface area (Å²) in [6.07, 6.45) is 68.2. The number of unbranched alkanes of at least 4 members (excludes halogenated alkanes) is 12. The standard InChI is InChI=1S/C58H96NO8P/c1-6-8-10-12-14-16-18-20-22-24-26-27-28-29-30-31-33-35-37-39-41-43-45-47-49-51-58(61)67-56(55-66-68(62,63)65-53-52-59(3,4)5)54-64-57(60)50-48-46-44-42-40-38-36-34-32-25-23-21-19-17-15-13-11-9-7-2/h8-11,14-17,20-23,26-27,29-30,32-35,56H,6-7,12-13,18-19,24-25,28,31,36-55H2,1-5H3/p+1/b10-8-,11-9-,16-14-,17-15-,22-20-,23-21-,27-26-,30-29-,34-32-,35-33-. The summed E-state index contributed by atoms with van der Waals surface area (Å²) >= 11 is 0. The highest BCUT2D eigenvalue weighted by Crippen LogP contribution is 2.43. The predicted molar refractivity (Wildman–Crippen MR) is 288 cm³/mol. The van der Waals surface area contributed by atoms with Crippen molar-refractivity contribution in [2.24, 2.45) is 0 Å². The number of hydrogen-bond acceptors (Lipinski definition) is 7. The van der Waals surface area contributed by atoms with E-state index in [1.54, 1.807) is 0 Å². The Balaban J connectivity index is 4.33. The van der Waals surface area contributed by atoms with Crippen LogP contribution in [0.15, 0.2) is 122 Å². The van der Waals surface area contributed by atoms with Crippen LogP contribution in [-0.4, -0.2) is 74.9 Å². The maximum atomic E-state index is 12.8. The second-order valence-corrected chi connectivity index (χ2v) is 19.6. The molecule has 0 saturated heterocycles. The van der Waals surface area contributed by atoms with Gasteiger partial charge in [-0.05, 0) is 103 Å². The lowest BCUT2D eigenvalue weighted by Crippen LogP contribution is -2.37. The van der Waals surface area contributed by atoms with Gasteiger partial charge in [0, 0.05) is 12.8 Å². The summed E-state index contributed by atoms with van der Waals surface area (Å²) in [5.74, 6) is -0.842. The van der Waals surface area contributed by atoms with Crippen molar-refractivity contribution in [2.75, 3.05) is 47.5 Å². The summed E-state index contributed by atoms with van der Waals surface area (Å²) in [5.41, 5.74) is 0. The Kier molecular flexibility index (Phi) is 45.9. The first kappa shape index (κ1) is 64.4. The van der Waals surface area contributed by atoms with Crippen LogP contribution in [0, 0.1) is 0 Å². The Hall–Kier alpha value is -3.59. The van der Waals surface area contributed by atoms with Gasteiger partial charge in [-0.1, -0.05) is 187 Å². The van der Waals surface area contributed by atoms with E-state index >= 15 is 0 Å². The van der Waals surface area contributed by atoms with E-state index in [-0.39, 0.29) is 26.1 Å². The number of hydrogen-bond donors (Lipinski definition) is 1. The molecular formula is C58H97NO8P+. The molecule has 0 aliphatic rings. The van der Waals surface area contributed by atoms with Crippen molar-refractivity contribution >= 4 is 19.8 Å². The maximum Gasteiger partial charge on any atom is 0.472 e. The first-order chi connectivity index (χ1) is 33.0. The molecule has 0 bridgehead atoms. The molecule has 9 nitrogen and oxygen atoms in total. The zero-order chi connectivity index (χ0) is 49.9. The van der Waals surface area contributed by atoms with Crippen LogP contribution in [0.1, 0.15) is 181 Å². The normalized spacial score (nSPS) is 14.4.